The topological polar surface area (TPSA) is 116 Å². The van der Waals surface area contributed by atoms with Gasteiger partial charge in [0.1, 0.15) is 11.4 Å². The Kier molecular flexibility index (Phi) is 8.65. The zero-order valence-corrected chi connectivity index (χ0v) is 28.0. The van der Waals surface area contributed by atoms with E-state index in [9.17, 15) is 26.8 Å². The number of alkyl halides is 2. The van der Waals surface area contributed by atoms with E-state index >= 15 is 0 Å². The summed E-state index contributed by atoms with van der Waals surface area (Å²) < 4.78 is 73.8. The van der Waals surface area contributed by atoms with Crippen LogP contribution in [0, 0.1) is 12.3 Å². The van der Waals surface area contributed by atoms with E-state index in [1.165, 1.54) is 17.7 Å². The molecule has 250 valence electrons. The molecule has 0 amide bonds. The minimum Gasteiger partial charge on any atom is -0.496 e. The molecule has 0 radical (unpaired) electrons. The number of carbonyl (C=O) groups excluding carboxylic acids is 2. The van der Waals surface area contributed by atoms with Gasteiger partial charge >= 0.3 is 12.1 Å². The van der Waals surface area contributed by atoms with Crippen molar-refractivity contribution in [3.05, 3.63) is 58.8 Å². The van der Waals surface area contributed by atoms with Gasteiger partial charge in [-0.25, -0.2) is 26.8 Å². The molecule has 1 unspecified atom stereocenters. The number of fused-ring (bicyclic) bond motifs is 1. The van der Waals surface area contributed by atoms with Crippen LogP contribution in [-0.4, -0.2) is 68.5 Å². The van der Waals surface area contributed by atoms with Crippen molar-refractivity contribution < 1.29 is 41.0 Å². The van der Waals surface area contributed by atoms with Crippen LogP contribution < -0.4 is 9.46 Å². The van der Waals surface area contributed by atoms with Crippen LogP contribution in [0.15, 0.2) is 36.5 Å². The molecule has 1 saturated heterocycles. The summed E-state index contributed by atoms with van der Waals surface area (Å²) in [4.78, 5) is 27.6. The summed E-state index contributed by atoms with van der Waals surface area (Å²) in [6.45, 7) is 8.03. The number of sulfonamides is 1. The molecule has 2 fully saturated rings. The Morgan fingerprint density at radius 3 is 2.39 bits per heavy atom. The number of carbonyl (C=O) groups is 2. The molecule has 1 aliphatic carbocycles. The van der Waals surface area contributed by atoms with E-state index < -0.39 is 45.1 Å². The average Bonchev–Trinajstić information content (AvgIpc) is 3.38. The van der Waals surface area contributed by atoms with Gasteiger partial charge in [0.15, 0.2) is 0 Å². The first-order chi connectivity index (χ1) is 21.3. The number of nitrogens with zero attached hydrogens (tertiary/aromatic N) is 2. The first-order valence-corrected chi connectivity index (χ1v) is 17.0. The van der Waals surface area contributed by atoms with Crippen molar-refractivity contribution in [2.45, 2.75) is 77.5 Å². The lowest BCUT2D eigenvalue weighted by Crippen LogP contribution is -2.53. The third kappa shape index (κ3) is 6.85. The Balaban J connectivity index is 1.61. The van der Waals surface area contributed by atoms with Crippen molar-refractivity contribution in [2.75, 3.05) is 31.7 Å². The highest BCUT2D eigenvalue weighted by Crippen LogP contribution is 2.61. The second-order valence-electron chi connectivity index (χ2n) is 13.6. The van der Waals surface area contributed by atoms with Crippen LogP contribution in [0.2, 0.25) is 0 Å². The molecule has 1 aliphatic heterocycles. The summed E-state index contributed by atoms with van der Waals surface area (Å²) >= 11 is 0. The molecule has 1 atom stereocenters. The number of halogens is 2. The molecule has 46 heavy (non-hydrogen) atoms. The SMILES string of the molecule is COC(=O)c1ccc(C2CC3(CCN2Cc2c(OC)cc(C)c4c2ccn4C(=O)OC(C)(C)C)CC(F)(F)C3)c(NS(C)(=O)=O)c1. The quantitative estimate of drug-likeness (QED) is 0.280. The van der Waals surface area contributed by atoms with Gasteiger partial charge in [0.25, 0.3) is 0 Å². The normalized spacial score (nSPS) is 19.5. The summed E-state index contributed by atoms with van der Waals surface area (Å²) in [5.74, 6) is -2.79. The zero-order chi connectivity index (χ0) is 33.8. The second-order valence-corrected chi connectivity index (χ2v) is 15.4. The summed E-state index contributed by atoms with van der Waals surface area (Å²) in [5, 5.41) is 0.771. The molecular weight excluding hydrogens is 620 g/mol. The number of esters is 1. The van der Waals surface area contributed by atoms with Crippen molar-refractivity contribution >= 4 is 38.7 Å². The van der Waals surface area contributed by atoms with E-state index in [0.29, 0.717) is 42.8 Å². The summed E-state index contributed by atoms with van der Waals surface area (Å²) in [6, 6.07) is 7.83. The van der Waals surface area contributed by atoms with Gasteiger partial charge in [-0.15, -0.1) is 0 Å². The third-order valence-electron chi connectivity index (χ3n) is 8.79. The molecule has 1 N–H and O–H groups in total. The minimum atomic E-state index is -3.77. The van der Waals surface area contributed by atoms with Crippen LogP contribution in [0.4, 0.5) is 19.3 Å². The van der Waals surface area contributed by atoms with Crippen LogP contribution in [0.25, 0.3) is 10.9 Å². The molecule has 10 nitrogen and oxygen atoms in total. The number of ether oxygens (including phenoxy) is 3. The maximum atomic E-state index is 14.3. The highest BCUT2D eigenvalue weighted by atomic mass is 32.2. The number of methoxy groups -OCH3 is 2. The van der Waals surface area contributed by atoms with E-state index in [0.717, 1.165) is 22.8 Å². The highest BCUT2D eigenvalue weighted by Gasteiger charge is 2.58. The Morgan fingerprint density at radius 1 is 1.11 bits per heavy atom. The Hall–Kier alpha value is -3.71. The molecule has 2 heterocycles. The molecule has 5 rings (SSSR count). The van der Waals surface area contributed by atoms with Gasteiger partial charge in [-0.05, 0) is 87.9 Å². The number of aryl methyl sites for hydroxylation is 1. The van der Waals surface area contributed by atoms with Crippen molar-refractivity contribution in [1.82, 2.24) is 9.47 Å². The number of hydrogen-bond acceptors (Lipinski definition) is 8. The number of rotatable bonds is 7. The number of hydrogen-bond donors (Lipinski definition) is 1. The first-order valence-electron chi connectivity index (χ1n) is 15.1. The zero-order valence-electron chi connectivity index (χ0n) is 27.2. The van der Waals surface area contributed by atoms with Gasteiger partial charge < -0.3 is 14.2 Å². The predicted octanol–water partition coefficient (Wildman–Crippen LogP) is 6.65. The largest absolute Gasteiger partial charge is 0.496 e. The van der Waals surface area contributed by atoms with Gasteiger partial charge in [-0.3, -0.25) is 14.2 Å². The molecule has 0 bridgehead atoms. The molecular formula is C33H41F2N3O7S. The summed E-state index contributed by atoms with van der Waals surface area (Å²) in [7, 11) is -0.978. The van der Waals surface area contributed by atoms with E-state index in [4.69, 9.17) is 14.2 Å². The molecule has 1 spiro atoms. The van der Waals surface area contributed by atoms with Crippen LogP contribution in [0.5, 0.6) is 5.75 Å². The monoisotopic (exact) mass is 661 g/mol. The van der Waals surface area contributed by atoms with Crippen molar-refractivity contribution in [3.63, 3.8) is 0 Å². The number of piperidine rings is 1. The number of likely N-dealkylation sites (tertiary alicyclic amines) is 1. The minimum absolute atomic E-state index is 0.148. The van der Waals surface area contributed by atoms with Crippen LogP contribution in [0.1, 0.15) is 79.5 Å². The number of anilines is 1. The lowest BCUT2D eigenvalue weighted by molar-refractivity contribution is -0.186. The molecule has 3 aromatic rings. The fraction of sp³-hybridized carbons (Fsp3) is 0.515. The standard InChI is InChI=1S/C33H41F2N3O7S/c1-20-14-27(43-5)24(22-10-12-38(28(20)22)30(40)45-31(2,3)4)17-37-13-11-32(18-33(34,35)19-32)16-26(37)23-9-8-21(29(39)44-6)15-25(23)36-46(7,41)42/h8-10,12,14-15,26,36H,11,13,16-19H2,1-7H3. The van der Waals surface area contributed by atoms with Gasteiger partial charge in [0, 0.05) is 42.6 Å². The average molecular weight is 662 g/mol. The molecule has 2 aromatic carbocycles. The second kappa shape index (κ2) is 11.8. The fourth-order valence-corrected chi connectivity index (χ4v) is 7.57. The van der Waals surface area contributed by atoms with Crippen LogP contribution in [0.3, 0.4) is 0 Å². The van der Waals surface area contributed by atoms with Crippen molar-refractivity contribution in [2.24, 2.45) is 5.41 Å². The van der Waals surface area contributed by atoms with Gasteiger partial charge in [0.05, 0.1) is 37.2 Å². The Bertz CT molecular complexity index is 1790. The van der Waals surface area contributed by atoms with Crippen molar-refractivity contribution in [1.29, 1.82) is 0 Å². The summed E-state index contributed by atoms with van der Waals surface area (Å²) in [5.41, 5.74) is 1.82. The van der Waals surface area contributed by atoms with E-state index in [2.05, 4.69) is 9.62 Å². The predicted molar refractivity (Wildman–Crippen MR) is 170 cm³/mol. The van der Waals surface area contributed by atoms with Crippen LogP contribution in [-0.2, 0) is 26.0 Å². The molecule has 13 heteroatoms. The van der Waals surface area contributed by atoms with E-state index in [1.54, 1.807) is 46.2 Å². The van der Waals surface area contributed by atoms with Gasteiger partial charge in [-0.1, -0.05) is 6.07 Å². The van der Waals surface area contributed by atoms with Crippen molar-refractivity contribution in [3.8, 4) is 5.75 Å². The summed E-state index contributed by atoms with van der Waals surface area (Å²) in [6.07, 6.45) is 2.56. The lowest BCUT2D eigenvalue weighted by atomic mass is 9.59. The smallest absolute Gasteiger partial charge is 0.419 e. The Morgan fingerprint density at radius 2 is 1.80 bits per heavy atom. The maximum Gasteiger partial charge on any atom is 0.419 e. The molecule has 1 aromatic heterocycles. The maximum absolute atomic E-state index is 14.3. The molecule has 1 saturated carbocycles. The molecule has 2 aliphatic rings. The fourth-order valence-electron chi connectivity index (χ4n) is 6.99. The van der Waals surface area contributed by atoms with Gasteiger partial charge in [-0.2, -0.15) is 0 Å². The van der Waals surface area contributed by atoms with E-state index in [-0.39, 0.29) is 24.1 Å². The first kappa shape index (κ1) is 33.6. The van der Waals surface area contributed by atoms with Crippen LogP contribution >= 0.6 is 0 Å². The highest BCUT2D eigenvalue weighted by molar-refractivity contribution is 7.92. The lowest BCUT2D eigenvalue weighted by Gasteiger charge is -2.55. The van der Waals surface area contributed by atoms with E-state index in [1.807, 2.05) is 19.1 Å². The number of benzene rings is 2. The van der Waals surface area contributed by atoms with Gasteiger partial charge in [0.2, 0.25) is 15.9 Å². The number of aromatic nitrogens is 1. The number of nitrogens with one attached hydrogen (secondary N) is 1. The third-order valence-corrected chi connectivity index (χ3v) is 9.38. The Labute approximate surface area is 268 Å².